The summed E-state index contributed by atoms with van der Waals surface area (Å²) >= 11 is 0. The minimum Gasteiger partial charge on any atom is -0.463 e. The van der Waals surface area contributed by atoms with Crippen molar-refractivity contribution in [2.24, 2.45) is 5.41 Å². The van der Waals surface area contributed by atoms with Crippen LogP contribution < -0.4 is 5.32 Å². The Morgan fingerprint density at radius 3 is 2.19 bits per heavy atom. The molecular formula is C24H27NO6. The number of hydrogen-bond acceptors (Lipinski definition) is 6. The van der Waals surface area contributed by atoms with Gasteiger partial charge in [0, 0.05) is 11.3 Å². The minimum absolute atomic E-state index is 0.0892. The van der Waals surface area contributed by atoms with E-state index in [-0.39, 0.29) is 24.5 Å². The van der Waals surface area contributed by atoms with Gasteiger partial charge in [-0.3, -0.25) is 0 Å². The van der Waals surface area contributed by atoms with Gasteiger partial charge >= 0.3 is 12.1 Å². The fraction of sp³-hybridized carbons (Fsp3) is 0.417. The molecule has 1 saturated heterocycles. The minimum atomic E-state index is -1.21. The summed E-state index contributed by atoms with van der Waals surface area (Å²) in [6, 6.07) is 14.9. The molecule has 0 saturated carbocycles. The number of rotatable bonds is 7. The first-order chi connectivity index (χ1) is 14.9. The highest BCUT2D eigenvalue weighted by atomic mass is 16.6. The first kappa shape index (κ1) is 21.3. The van der Waals surface area contributed by atoms with E-state index in [9.17, 15) is 14.7 Å². The van der Waals surface area contributed by atoms with Gasteiger partial charge in [-0.05, 0) is 29.2 Å². The Hall–Kier alpha value is -2.90. The van der Waals surface area contributed by atoms with E-state index >= 15 is 0 Å². The second-order valence-corrected chi connectivity index (χ2v) is 8.60. The molecule has 1 aliphatic carbocycles. The summed E-state index contributed by atoms with van der Waals surface area (Å²) in [5.41, 5.74) is 4.23. The van der Waals surface area contributed by atoms with Crippen LogP contribution in [0.25, 0.3) is 11.1 Å². The van der Waals surface area contributed by atoms with Crippen LogP contribution in [-0.2, 0) is 19.0 Å². The summed E-state index contributed by atoms with van der Waals surface area (Å²) in [4.78, 5) is 24.8. The van der Waals surface area contributed by atoms with Gasteiger partial charge < -0.3 is 24.6 Å². The van der Waals surface area contributed by atoms with Crippen LogP contribution >= 0.6 is 0 Å². The van der Waals surface area contributed by atoms with Crippen LogP contribution in [0.15, 0.2) is 48.5 Å². The lowest BCUT2D eigenvalue weighted by molar-refractivity contribution is -0.169. The van der Waals surface area contributed by atoms with Crippen molar-refractivity contribution < 1.29 is 28.9 Å². The molecule has 2 aromatic rings. The van der Waals surface area contributed by atoms with E-state index in [0.29, 0.717) is 13.2 Å². The number of aliphatic hydroxyl groups is 1. The Bertz CT molecular complexity index is 923. The van der Waals surface area contributed by atoms with Crippen LogP contribution in [0.3, 0.4) is 0 Å². The third-order valence-corrected chi connectivity index (χ3v) is 5.82. The largest absolute Gasteiger partial charge is 0.463 e. The molecule has 0 bridgehead atoms. The normalized spacial score (nSPS) is 18.2. The van der Waals surface area contributed by atoms with E-state index in [2.05, 4.69) is 17.4 Å². The van der Waals surface area contributed by atoms with Crippen molar-refractivity contribution in [1.82, 2.24) is 5.32 Å². The number of benzene rings is 2. The third kappa shape index (κ3) is 4.43. The average Bonchev–Trinajstić information content (AvgIpc) is 3.06. The maximum Gasteiger partial charge on any atom is 0.407 e. The molecule has 2 aromatic carbocycles. The van der Waals surface area contributed by atoms with E-state index in [1.165, 1.54) is 6.92 Å². The second-order valence-electron chi connectivity index (χ2n) is 8.60. The maximum absolute atomic E-state index is 12.4. The number of esters is 1. The second kappa shape index (κ2) is 8.69. The zero-order valence-electron chi connectivity index (χ0n) is 17.7. The molecule has 0 unspecified atom stereocenters. The first-order valence-corrected chi connectivity index (χ1v) is 10.4. The number of nitrogens with one attached hydrogen (secondary N) is 1. The van der Waals surface area contributed by atoms with Crippen LogP contribution in [0.1, 0.15) is 30.9 Å². The highest BCUT2D eigenvalue weighted by Crippen LogP contribution is 2.44. The average molecular weight is 425 g/mol. The number of alkyl carbamates (subject to hydrolysis) is 1. The molecule has 2 atom stereocenters. The van der Waals surface area contributed by atoms with Gasteiger partial charge in [0.2, 0.25) is 0 Å². The Labute approximate surface area is 181 Å². The Morgan fingerprint density at radius 2 is 1.68 bits per heavy atom. The summed E-state index contributed by atoms with van der Waals surface area (Å²) in [6.45, 7) is 4.68. The monoisotopic (exact) mass is 425 g/mol. The van der Waals surface area contributed by atoms with Gasteiger partial charge in [0.25, 0.3) is 0 Å². The van der Waals surface area contributed by atoms with Crippen LogP contribution in [0, 0.1) is 5.41 Å². The predicted molar refractivity (Wildman–Crippen MR) is 114 cm³/mol. The molecule has 0 radical (unpaired) electrons. The molecule has 0 aromatic heterocycles. The molecule has 2 N–H and O–H groups in total. The molecule has 7 heteroatoms. The number of carbonyl (C=O) groups excluding carboxylic acids is 2. The van der Waals surface area contributed by atoms with Gasteiger partial charge in [-0.15, -0.1) is 0 Å². The lowest BCUT2D eigenvalue weighted by Gasteiger charge is -2.37. The van der Waals surface area contributed by atoms with Crippen LogP contribution in [0.5, 0.6) is 0 Å². The molecular weight excluding hydrogens is 398 g/mol. The standard InChI is InChI=1S/C24H27NO6/c1-15(26)21(22(27)31-14-24(2)12-29-13-24)25-23(28)30-11-20-18-9-5-3-7-16(18)17-8-4-6-10-19(17)20/h3-10,15,20-21,26H,11-14H2,1-2H3,(H,25,28)/t15-,21+/m1/s1. The molecule has 1 heterocycles. The first-order valence-electron chi connectivity index (χ1n) is 10.4. The van der Waals surface area contributed by atoms with Gasteiger partial charge in [-0.25, -0.2) is 9.59 Å². The van der Waals surface area contributed by atoms with Gasteiger partial charge in [0.15, 0.2) is 6.04 Å². The van der Waals surface area contributed by atoms with Crippen molar-refractivity contribution in [2.75, 3.05) is 26.4 Å². The number of carbonyl (C=O) groups is 2. The highest BCUT2D eigenvalue weighted by molar-refractivity contribution is 5.82. The fourth-order valence-electron chi connectivity index (χ4n) is 4.01. The molecule has 7 nitrogen and oxygen atoms in total. The Kier molecular flexibility index (Phi) is 5.98. The van der Waals surface area contributed by atoms with Crippen molar-refractivity contribution in [3.05, 3.63) is 59.7 Å². The molecule has 31 heavy (non-hydrogen) atoms. The van der Waals surface area contributed by atoms with Crippen LogP contribution in [0.4, 0.5) is 4.79 Å². The molecule has 0 spiro atoms. The molecule has 1 aliphatic heterocycles. The smallest absolute Gasteiger partial charge is 0.407 e. The Morgan fingerprint density at radius 1 is 1.10 bits per heavy atom. The summed E-state index contributed by atoms with van der Waals surface area (Å²) in [5.74, 6) is -0.787. The van der Waals surface area contributed by atoms with Crippen LogP contribution in [0.2, 0.25) is 0 Å². The van der Waals surface area contributed by atoms with Gasteiger partial charge in [-0.2, -0.15) is 0 Å². The van der Waals surface area contributed by atoms with Crippen molar-refractivity contribution in [2.45, 2.75) is 31.9 Å². The summed E-state index contributed by atoms with van der Waals surface area (Å²) < 4.78 is 15.9. The van der Waals surface area contributed by atoms with Crippen LogP contribution in [-0.4, -0.2) is 55.7 Å². The fourth-order valence-corrected chi connectivity index (χ4v) is 4.01. The highest BCUT2D eigenvalue weighted by Gasteiger charge is 2.37. The summed E-state index contributed by atoms with van der Waals surface area (Å²) in [6.07, 6.45) is -1.90. The maximum atomic E-state index is 12.4. The number of ether oxygens (including phenoxy) is 3. The lowest BCUT2D eigenvalue weighted by atomic mass is 9.90. The zero-order valence-corrected chi connectivity index (χ0v) is 17.7. The quantitative estimate of drug-likeness (QED) is 0.663. The summed E-state index contributed by atoms with van der Waals surface area (Å²) in [7, 11) is 0. The van der Waals surface area contributed by atoms with Gasteiger partial charge in [0.1, 0.15) is 13.2 Å². The number of aliphatic hydroxyl groups excluding tert-OH is 1. The molecule has 164 valence electrons. The van der Waals surface area contributed by atoms with Gasteiger partial charge in [0.05, 0.1) is 19.3 Å². The van der Waals surface area contributed by atoms with E-state index in [4.69, 9.17) is 14.2 Å². The van der Waals surface area contributed by atoms with Crippen molar-refractivity contribution >= 4 is 12.1 Å². The van der Waals surface area contributed by atoms with E-state index in [0.717, 1.165) is 22.3 Å². The van der Waals surface area contributed by atoms with E-state index in [1.807, 2.05) is 43.3 Å². The van der Waals surface area contributed by atoms with Crippen molar-refractivity contribution in [3.8, 4) is 11.1 Å². The number of fused-ring (bicyclic) bond motifs is 3. The molecule has 1 fully saturated rings. The molecule has 4 rings (SSSR count). The van der Waals surface area contributed by atoms with Gasteiger partial charge in [-0.1, -0.05) is 55.5 Å². The van der Waals surface area contributed by atoms with Crippen molar-refractivity contribution in [3.63, 3.8) is 0 Å². The number of amides is 1. The Balaban J connectivity index is 1.37. The summed E-state index contributed by atoms with van der Waals surface area (Å²) in [5, 5.41) is 12.4. The topological polar surface area (TPSA) is 94.1 Å². The van der Waals surface area contributed by atoms with Crippen molar-refractivity contribution in [1.29, 1.82) is 0 Å². The van der Waals surface area contributed by atoms with E-state index < -0.39 is 24.2 Å². The molecule has 2 aliphatic rings. The zero-order chi connectivity index (χ0) is 22.0. The third-order valence-electron chi connectivity index (χ3n) is 5.82. The predicted octanol–water partition coefficient (Wildman–Crippen LogP) is 2.85. The number of hydrogen-bond donors (Lipinski definition) is 2. The van der Waals surface area contributed by atoms with E-state index in [1.54, 1.807) is 0 Å². The SMILES string of the molecule is C[C@@H](O)[C@H](NC(=O)OCC1c2ccccc2-c2ccccc21)C(=O)OCC1(C)COC1. The molecule has 1 amide bonds. The lowest BCUT2D eigenvalue weighted by Crippen LogP contribution is -2.51.